The number of carbonyl (C=O) groups excluding carboxylic acids is 1. The molecule has 2 saturated heterocycles. The molecule has 144 valence electrons. The third-order valence-electron chi connectivity index (χ3n) is 6.29. The minimum Gasteiger partial charge on any atom is -0.396 e. The minimum absolute atomic E-state index is 0.0549. The van der Waals surface area contributed by atoms with Crippen LogP contribution in [0.4, 0.5) is 5.69 Å². The number of rotatable bonds is 5. The van der Waals surface area contributed by atoms with E-state index in [0.717, 1.165) is 31.5 Å². The lowest BCUT2D eigenvalue weighted by molar-refractivity contribution is -0.0601. The van der Waals surface area contributed by atoms with Crippen LogP contribution >= 0.6 is 0 Å². The van der Waals surface area contributed by atoms with E-state index >= 15 is 0 Å². The Morgan fingerprint density at radius 1 is 1.23 bits per heavy atom. The second-order valence-corrected chi connectivity index (χ2v) is 7.81. The van der Waals surface area contributed by atoms with Gasteiger partial charge >= 0.3 is 0 Å². The van der Waals surface area contributed by atoms with Crippen molar-refractivity contribution in [3.05, 3.63) is 29.8 Å². The fourth-order valence-corrected chi connectivity index (χ4v) is 4.52. The first kappa shape index (κ1) is 19.1. The molecule has 0 saturated carbocycles. The van der Waals surface area contributed by atoms with Gasteiger partial charge in [-0.1, -0.05) is 0 Å². The highest BCUT2D eigenvalue weighted by atomic mass is 16.3. The Balaban J connectivity index is 1.70. The highest BCUT2D eigenvalue weighted by Gasteiger charge is 2.47. The summed E-state index contributed by atoms with van der Waals surface area (Å²) in [6, 6.07) is 7.82. The second-order valence-electron chi connectivity index (χ2n) is 7.81. The number of benzene rings is 1. The normalized spacial score (nSPS) is 26.5. The number of aliphatic hydroxyl groups excluding tert-OH is 2. The van der Waals surface area contributed by atoms with E-state index < -0.39 is 0 Å². The van der Waals surface area contributed by atoms with Gasteiger partial charge in [0.15, 0.2) is 0 Å². The standard InChI is InChI=1S/C20H31N3O3/c1-21(12-13-24)17-6-4-16(5-7-17)19(26)23-11-9-20(15-25)8-3-10-22(2)18(20)14-23/h4-7,18,24-25H,3,8-15H2,1-2H3/t18-,20-/m1/s1. The SMILES string of the molecule is CN(CCO)c1ccc(C(=O)N2CC[C@@]3(CO)CCCN(C)[C@@H]3C2)cc1. The molecule has 2 fully saturated rings. The number of likely N-dealkylation sites (N-methyl/N-ethyl adjacent to an activating group) is 2. The van der Waals surface area contributed by atoms with Gasteiger partial charge in [-0.15, -0.1) is 0 Å². The third kappa shape index (κ3) is 3.59. The van der Waals surface area contributed by atoms with Crippen molar-refractivity contribution in [3.63, 3.8) is 0 Å². The molecule has 3 rings (SSSR count). The van der Waals surface area contributed by atoms with Gasteiger partial charge in [-0.25, -0.2) is 0 Å². The summed E-state index contributed by atoms with van der Waals surface area (Å²) >= 11 is 0. The maximum absolute atomic E-state index is 13.0. The first-order chi connectivity index (χ1) is 12.5. The van der Waals surface area contributed by atoms with Crippen LogP contribution in [0.2, 0.25) is 0 Å². The predicted molar refractivity (Wildman–Crippen MR) is 102 cm³/mol. The Hall–Kier alpha value is -1.63. The van der Waals surface area contributed by atoms with Crippen LogP contribution < -0.4 is 4.90 Å². The minimum atomic E-state index is -0.0549. The quantitative estimate of drug-likeness (QED) is 0.820. The molecule has 0 aliphatic carbocycles. The van der Waals surface area contributed by atoms with Crippen LogP contribution in [0.25, 0.3) is 0 Å². The number of amides is 1. The lowest BCUT2D eigenvalue weighted by Crippen LogP contribution is -2.62. The van der Waals surface area contributed by atoms with E-state index in [1.54, 1.807) is 0 Å². The van der Waals surface area contributed by atoms with Crippen molar-refractivity contribution in [1.29, 1.82) is 0 Å². The van der Waals surface area contributed by atoms with Crippen molar-refractivity contribution in [1.82, 2.24) is 9.80 Å². The van der Waals surface area contributed by atoms with Crippen LogP contribution in [0.1, 0.15) is 29.6 Å². The Morgan fingerprint density at radius 3 is 2.62 bits per heavy atom. The predicted octanol–water partition coefficient (Wildman–Crippen LogP) is 1.03. The molecule has 26 heavy (non-hydrogen) atoms. The summed E-state index contributed by atoms with van der Waals surface area (Å²) in [6.07, 6.45) is 3.03. The maximum Gasteiger partial charge on any atom is 0.253 e. The van der Waals surface area contributed by atoms with Crippen molar-refractivity contribution in [2.45, 2.75) is 25.3 Å². The van der Waals surface area contributed by atoms with Gasteiger partial charge in [-0.2, -0.15) is 0 Å². The van der Waals surface area contributed by atoms with Gasteiger partial charge < -0.3 is 24.9 Å². The Kier molecular flexibility index (Phi) is 5.85. The number of anilines is 1. The fourth-order valence-electron chi connectivity index (χ4n) is 4.52. The van der Waals surface area contributed by atoms with Gasteiger partial charge in [0.05, 0.1) is 13.2 Å². The molecule has 0 radical (unpaired) electrons. The molecule has 0 aromatic heterocycles. The Labute approximate surface area is 156 Å². The molecule has 2 aliphatic heterocycles. The second kappa shape index (κ2) is 7.94. The summed E-state index contributed by atoms with van der Waals surface area (Å²) in [6.45, 7) is 3.29. The highest BCUT2D eigenvalue weighted by molar-refractivity contribution is 5.94. The van der Waals surface area contributed by atoms with Crippen molar-refractivity contribution in [3.8, 4) is 0 Å². The zero-order chi connectivity index (χ0) is 18.7. The van der Waals surface area contributed by atoms with Gasteiger partial charge in [0.25, 0.3) is 5.91 Å². The smallest absolute Gasteiger partial charge is 0.253 e. The van der Waals surface area contributed by atoms with Crippen LogP contribution in [0, 0.1) is 5.41 Å². The number of hydrogen-bond acceptors (Lipinski definition) is 5. The van der Waals surface area contributed by atoms with Crippen LogP contribution in [-0.2, 0) is 0 Å². The molecule has 6 nitrogen and oxygen atoms in total. The summed E-state index contributed by atoms with van der Waals surface area (Å²) in [7, 11) is 4.03. The van der Waals surface area contributed by atoms with E-state index in [1.807, 2.05) is 41.1 Å². The van der Waals surface area contributed by atoms with Crippen molar-refractivity contribution in [2.75, 3.05) is 58.4 Å². The first-order valence-electron chi connectivity index (χ1n) is 9.53. The van der Waals surface area contributed by atoms with Crippen LogP contribution in [0.15, 0.2) is 24.3 Å². The van der Waals surface area contributed by atoms with Crippen molar-refractivity contribution >= 4 is 11.6 Å². The Bertz CT molecular complexity index is 621. The molecular formula is C20H31N3O3. The molecule has 1 aromatic rings. The molecule has 0 bridgehead atoms. The number of aliphatic hydroxyl groups is 2. The number of carbonyl (C=O) groups is 1. The highest BCUT2D eigenvalue weighted by Crippen LogP contribution is 2.41. The maximum atomic E-state index is 13.0. The van der Waals surface area contributed by atoms with E-state index in [1.165, 1.54) is 0 Å². The number of likely N-dealkylation sites (tertiary alicyclic amines) is 2. The largest absolute Gasteiger partial charge is 0.396 e. The summed E-state index contributed by atoms with van der Waals surface area (Å²) in [5.41, 5.74) is 1.63. The molecule has 2 atom stereocenters. The lowest BCUT2D eigenvalue weighted by Gasteiger charge is -2.53. The number of piperidine rings is 2. The van der Waals surface area contributed by atoms with E-state index in [2.05, 4.69) is 11.9 Å². The van der Waals surface area contributed by atoms with E-state index in [0.29, 0.717) is 25.2 Å². The molecule has 0 unspecified atom stereocenters. The van der Waals surface area contributed by atoms with Gasteiger partial charge in [0.1, 0.15) is 0 Å². The first-order valence-corrected chi connectivity index (χ1v) is 9.53. The van der Waals surface area contributed by atoms with E-state index in [9.17, 15) is 9.90 Å². The van der Waals surface area contributed by atoms with E-state index in [-0.39, 0.29) is 30.6 Å². The fraction of sp³-hybridized carbons (Fsp3) is 0.650. The molecule has 2 N–H and O–H groups in total. The number of fused-ring (bicyclic) bond motifs is 1. The topological polar surface area (TPSA) is 67.2 Å². The number of hydrogen-bond donors (Lipinski definition) is 2. The summed E-state index contributed by atoms with van der Waals surface area (Å²) in [4.78, 5) is 19.2. The van der Waals surface area contributed by atoms with Crippen LogP contribution in [0.5, 0.6) is 0 Å². The number of nitrogens with zero attached hydrogens (tertiary/aromatic N) is 3. The van der Waals surface area contributed by atoms with Gasteiger partial charge in [0.2, 0.25) is 0 Å². The van der Waals surface area contributed by atoms with Crippen molar-refractivity contribution in [2.24, 2.45) is 5.41 Å². The Morgan fingerprint density at radius 2 is 1.96 bits per heavy atom. The summed E-state index contributed by atoms with van der Waals surface area (Å²) in [5.74, 6) is 0.0619. The van der Waals surface area contributed by atoms with Gasteiger partial charge in [-0.05, 0) is 57.1 Å². The monoisotopic (exact) mass is 361 g/mol. The molecule has 0 spiro atoms. The molecule has 2 aliphatic rings. The molecule has 2 heterocycles. The zero-order valence-corrected chi connectivity index (χ0v) is 15.9. The average molecular weight is 361 g/mol. The lowest BCUT2D eigenvalue weighted by atomic mass is 9.69. The van der Waals surface area contributed by atoms with Crippen LogP contribution in [-0.4, -0.2) is 85.5 Å². The van der Waals surface area contributed by atoms with Crippen LogP contribution in [0.3, 0.4) is 0 Å². The van der Waals surface area contributed by atoms with Crippen molar-refractivity contribution < 1.29 is 15.0 Å². The average Bonchev–Trinajstić information content (AvgIpc) is 2.68. The third-order valence-corrected chi connectivity index (χ3v) is 6.29. The molecule has 6 heteroatoms. The van der Waals surface area contributed by atoms with E-state index in [4.69, 9.17) is 5.11 Å². The summed E-state index contributed by atoms with van der Waals surface area (Å²) < 4.78 is 0. The van der Waals surface area contributed by atoms with Gasteiger partial charge in [-0.3, -0.25) is 4.79 Å². The zero-order valence-electron chi connectivity index (χ0n) is 15.9. The molecule has 1 amide bonds. The molecular weight excluding hydrogens is 330 g/mol. The van der Waals surface area contributed by atoms with Gasteiger partial charge in [0, 0.05) is 49.4 Å². The summed E-state index contributed by atoms with van der Waals surface area (Å²) in [5, 5.41) is 19.1. The molecule has 1 aromatic carbocycles.